The number of halogens is 2. The van der Waals surface area contributed by atoms with E-state index in [1.54, 1.807) is 61.5 Å². The molecule has 1 aliphatic heterocycles. The molecular weight excluding hydrogens is 627 g/mol. The Bertz CT molecular complexity index is 2110. The van der Waals surface area contributed by atoms with Crippen molar-refractivity contribution >= 4 is 40.7 Å². The van der Waals surface area contributed by atoms with Gasteiger partial charge in [-0.05, 0) is 66.1 Å². The molecule has 5 aromatic rings. The van der Waals surface area contributed by atoms with Crippen molar-refractivity contribution in [1.82, 2.24) is 4.57 Å². The molecule has 0 fully saturated rings. The largest absolute Gasteiger partial charge is 0.493 e. The van der Waals surface area contributed by atoms with Gasteiger partial charge in [-0.25, -0.2) is 14.2 Å². The van der Waals surface area contributed by atoms with Gasteiger partial charge in [-0.2, -0.15) is 0 Å². The van der Waals surface area contributed by atoms with Crippen molar-refractivity contribution in [1.29, 1.82) is 0 Å². The van der Waals surface area contributed by atoms with Gasteiger partial charge in [0.1, 0.15) is 12.4 Å². The molecule has 4 aromatic carbocycles. The number of fused-ring (bicyclic) bond motifs is 1. The molecule has 0 N–H and O–H groups in total. The third kappa shape index (κ3) is 6.38. The van der Waals surface area contributed by atoms with Crippen molar-refractivity contribution in [3.8, 4) is 11.5 Å². The first-order chi connectivity index (χ1) is 22.4. The van der Waals surface area contributed by atoms with E-state index in [1.807, 2.05) is 36.4 Å². The van der Waals surface area contributed by atoms with Crippen molar-refractivity contribution in [2.24, 2.45) is 4.99 Å². The number of methoxy groups -OCH3 is 1. The molecule has 1 aliphatic rings. The molecule has 1 aromatic heterocycles. The van der Waals surface area contributed by atoms with E-state index in [1.165, 1.54) is 35.1 Å². The van der Waals surface area contributed by atoms with Gasteiger partial charge in [0, 0.05) is 10.6 Å². The Labute approximate surface area is 273 Å². The highest BCUT2D eigenvalue weighted by Crippen LogP contribution is 2.35. The van der Waals surface area contributed by atoms with Gasteiger partial charge in [0.2, 0.25) is 0 Å². The molecular formula is C36H28ClFN2O5S. The topological polar surface area (TPSA) is 79.1 Å². The predicted molar refractivity (Wildman–Crippen MR) is 176 cm³/mol. The average Bonchev–Trinajstić information content (AvgIpc) is 3.38. The molecule has 0 unspecified atom stereocenters. The third-order valence-corrected chi connectivity index (χ3v) is 8.59. The first-order valence-electron chi connectivity index (χ1n) is 14.5. The van der Waals surface area contributed by atoms with Gasteiger partial charge in [0.25, 0.3) is 5.56 Å². The fourth-order valence-corrected chi connectivity index (χ4v) is 6.31. The van der Waals surface area contributed by atoms with Crippen molar-refractivity contribution < 1.29 is 23.4 Å². The Balaban J connectivity index is 1.46. The number of thiazole rings is 1. The smallest absolute Gasteiger partial charge is 0.338 e. The molecule has 7 nitrogen and oxygen atoms in total. The van der Waals surface area contributed by atoms with Crippen LogP contribution in [0.25, 0.3) is 11.8 Å². The highest BCUT2D eigenvalue weighted by atomic mass is 35.5. The zero-order valence-corrected chi connectivity index (χ0v) is 26.5. The van der Waals surface area contributed by atoms with Crippen molar-refractivity contribution in [2.75, 3.05) is 13.7 Å². The summed E-state index contributed by atoms with van der Waals surface area (Å²) in [5, 5.41) is 0.528. The van der Waals surface area contributed by atoms with Gasteiger partial charge in [-0.1, -0.05) is 83.6 Å². The zero-order valence-electron chi connectivity index (χ0n) is 24.9. The standard InChI is InChI=1S/C36H28ClFN2O5S/c1-3-44-35(42)31-32(24-7-5-4-6-8-24)39-36-40(33(31)25-12-14-26(37)15-13-25)34(41)30(46-36)20-23-11-18-28(29(19-23)43-2)45-21-22-9-16-27(38)17-10-22/h4-20,33H,3,21H2,1-2H3/b30-20-/t33-/m0/s1. The maximum Gasteiger partial charge on any atom is 0.338 e. The van der Waals surface area contributed by atoms with E-state index in [2.05, 4.69) is 0 Å². The summed E-state index contributed by atoms with van der Waals surface area (Å²) in [6, 6.07) is 27.0. The lowest BCUT2D eigenvalue weighted by atomic mass is 9.93. The summed E-state index contributed by atoms with van der Waals surface area (Å²) in [5.41, 5.74) is 3.31. The van der Waals surface area contributed by atoms with Crippen LogP contribution in [0.15, 0.2) is 112 Å². The summed E-state index contributed by atoms with van der Waals surface area (Å²) >= 11 is 7.44. The summed E-state index contributed by atoms with van der Waals surface area (Å²) < 4.78 is 32.3. The van der Waals surface area contributed by atoms with E-state index in [-0.39, 0.29) is 30.2 Å². The summed E-state index contributed by atoms with van der Waals surface area (Å²) in [6.45, 7) is 2.12. The molecule has 232 valence electrons. The molecule has 6 rings (SSSR count). The number of esters is 1. The Hall–Kier alpha value is -4.99. The quantitative estimate of drug-likeness (QED) is 0.174. The van der Waals surface area contributed by atoms with Crippen LogP contribution in [0.1, 0.15) is 35.2 Å². The third-order valence-electron chi connectivity index (χ3n) is 7.35. The van der Waals surface area contributed by atoms with Crippen molar-refractivity contribution in [3.05, 3.63) is 155 Å². The summed E-state index contributed by atoms with van der Waals surface area (Å²) in [7, 11) is 1.53. The molecule has 1 atom stereocenters. The minimum Gasteiger partial charge on any atom is -0.493 e. The second-order valence-electron chi connectivity index (χ2n) is 10.3. The second kappa shape index (κ2) is 13.6. The van der Waals surface area contributed by atoms with Crippen LogP contribution in [-0.4, -0.2) is 24.3 Å². The molecule has 0 saturated carbocycles. The Kier molecular flexibility index (Phi) is 9.14. The number of hydrogen-bond acceptors (Lipinski definition) is 7. The molecule has 0 saturated heterocycles. The van der Waals surface area contributed by atoms with Crippen molar-refractivity contribution in [2.45, 2.75) is 19.6 Å². The van der Waals surface area contributed by atoms with Gasteiger partial charge < -0.3 is 14.2 Å². The molecule has 2 heterocycles. The number of aromatic nitrogens is 1. The Morgan fingerprint density at radius 2 is 1.74 bits per heavy atom. The summed E-state index contributed by atoms with van der Waals surface area (Å²) in [5.74, 6) is 0.0996. The SMILES string of the molecule is CCOC(=O)C1=C(c2ccccc2)N=c2s/c(=C\c3ccc(OCc4ccc(F)cc4)c(OC)c3)c(=O)n2[C@H]1c1ccc(Cl)cc1. The van der Waals surface area contributed by atoms with Crippen LogP contribution < -0.4 is 24.4 Å². The molecule has 10 heteroatoms. The zero-order chi connectivity index (χ0) is 32.2. The fourth-order valence-electron chi connectivity index (χ4n) is 5.19. The Morgan fingerprint density at radius 1 is 1.00 bits per heavy atom. The van der Waals surface area contributed by atoms with Crippen LogP contribution in [0.5, 0.6) is 11.5 Å². The van der Waals surface area contributed by atoms with E-state index < -0.39 is 12.0 Å². The lowest BCUT2D eigenvalue weighted by Gasteiger charge is -2.25. The van der Waals surface area contributed by atoms with Crippen LogP contribution in [-0.2, 0) is 16.1 Å². The lowest BCUT2D eigenvalue weighted by Crippen LogP contribution is -2.40. The normalized spacial score (nSPS) is 14.4. The Morgan fingerprint density at radius 3 is 2.43 bits per heavy atom. The van der Waals surface area contributed by atoms with Gasteiger partial charge in [-0.3, -0.25) is 9.36 Å². The maximum absolute atomic E-state index is 14.1. The van der Waals surface area contributed by atoms with Crippen LogP contribution in [0.4, 0.5) is 4.39 Å². The first-order valence-corrected chi connectivity index (χ1v) is 15.6. The van der Waals surface area contributed by atoms with E-state index in [4.69, 9.17) is 30.8 Å². The highest BCUT2D eigenvalue weighted by Gasteiger charge is 2.35. The minimum absolute atomic E-state index is 0.160. The lowest BCUT2D eigenvalue weighted by molar-refractivity contribution is -0.138. The van der Waals surface area contributed by atoms with Crippen LogP contribution in [0, 0.1) is 5.82 Å². The van der Waals surface area contributed by atoms with Gasteiger partial charge in [0.05, 0.1) is 35.6 Å². The highest BCUT2D eigenvalue weighted by molar-refractivity contribution is 7.07. The number of nitrogens with zero attached hydrogens (tertiary/aromatic N) is 2. The molecule has 0 aliphatic carbocycles. The first kappa shape index (κ1) is 31.0. The fraction of sp³-hybridized carbons (Fsp3) is 0.139. The molecule has 0 radical (unpaired) electrons. The van der Waals surface area contributed by atoms with Gasteiger partial charge in [0.15, 0.2) is 16.3 Å². The monoisotopic (exact) mass is 654 g/mol. The van der Waals surface area contributed by atoms with E-state index in [0.29, 0.717) is 42.7 Å². The molecule has 0 amide bonds. The second-order valence-corrected chi connectivity index (χ2v) is 11.8. The van der Waals surface area contributed by atoms with Crippen molar-refractivity contribution in [3.63, 3.8) is 0 Å². The van der Waals surface area contributed by atoms with E-state index in [9.17, 15) is 14.0 Å². The summed E-state index contributed by atoms with van der Waals surface area (Å²) in [6.07, 6.45) is 1.76. The summed E-state index contributed by atoms with van der Waals surface area (Å²) in [4.78, 5) is 33.0. The predicted octanol–water partition coefficient (Wildman–Crippen LogP) is 6.32. The van der Waals surface area contributed by atoms with Gasteiger partial charge in [-0.15, -0.1) is 0 Å². The molecule has 0 spiro atoms. The van der Waals surface area contributed by atoms with Crippen LogP contribution in [0.2, 0.25) is 5.02 Å². The van der Waals surface area contributed by atoms with E-state index >= 15 is 0 Å². The number of rotatable bonds is 9. The maximum atomic E-state index is 14.1. The number of carbonyl (C=O) groups is 1. The number of carbonyl (C=O) groups excluding carboxylic acids is 1. The number of hydrogen-bond donors (Lipinski definition) is 0. The van der Waals surface area contributed by atoms with Crippen LogP contribution in [0.3, 0.4) is 0 Å². The van der Waals surface area contributed by atoms with Crippen LogP contribution >= 0.6 is 22.9 Å². The molecule has 0 bridgehead atoms. The average molecular weight is 655 g/mol. The molecule has 46 heavy (non-hydrogen) atoms. The van der Waals surface area contributed by atoms with E-state index in [0.717, 1.165) is 11.1 Å². The number of ether oxygens (including phenoxy) is 3. The minimum atomic E-state index is -0.804. The van der Waals surface area contributed by atoms with Gasteiger partial charge >= 0.3 is 5.97 Å². The number of benzene rings is 4.